The first-order valence-electron chi connectivity index (χ1n) is 3.33. The van der Waals surface area contributed by atoms with Crippen LogP contribution in [-0.2, 0) is 11.1 Å². The van der Waals surface area contributed by atoms with Crippen LogP contribution in [0, 0.1) is 0 Å². The van der Waals surface area contributed by atoms with Crippen LogP contribution in [0.1, 0.15) is 17.3 Å². The molecule has 0 saturated heterocycles. The fourth-order valence-corrected chi connectivity index (χ4v) is 1.17. The number of rotatable bonds is 2. The van der Waals surface area contributed by atoms with E-state index >= 15 is 0 Å². The van der Waals surface area contributed by atoms with Crippen molar-refractivity contribution in [2.24, 2.45) is 0 Å². The van der Waals surface area contributed by atoms with Crippen LogP contribution >= 0.6 is 0 Å². The fourth-order valence-electron chi connectivity index (χ4n) is 0.806. The predicted octanol–water partition coefficient (Wildman–Crippen LogP) is 0.821. The second kappa shape index (κ2) is 6.18. The molecule has 0 bridgehead atoms. The number of carbonyl (C=O) groups excluding carboxylic acids is 1. The van der Waals surface area contributed by atoms with Gasteiger partial charge in [-0.15, -0.1) is 0 Å². The molecule has 0 aliphatic heterocycles. The van der Waals surface area contributed by atoms with Gasteiger partial charge in [0.1, 0.15) is 0 Å². The summed E-state index contributed by atoms with van der Waals surface area (Å²) in [6.45, 7) is 1.45. The van der Waals surface area contributed by atoms with Crippen LogP contribution in [0.4, 0.5) is 0 Å². The number of Topliss-reactive ketones (excluding diaryl/α,β-unsaturated/α-hetero) is 1. The molecule has 66 valence electrons. The Morgan fingerprint density at radius 3 is 2.08 bits per heavy atom. The Kier molecular flexibility index (Phi) is 6.48. The molecular formula is C8H9KO3S. The molecule has 0 amide bonds. The molecule has 1 aromatic rings. The van der Waals surface area contributed by atoms with E-state index in [1.54, 1.807) is 0 Å². The van der Waals surface area contributed by atoms with Gasteiger partial charge in [0.05, 0.1) is 4.90 Å². The van der Waals surface area contributed by atoms with E-state index < -0.39 is 11.1 Å². The fraction of sp³-hybridized carbons (Fsp3) is 0.125. The minimum absolute atomic E-state index is 0. The second-order valence-corrected chi connectivity index (χ2v) is 3.30. The molecule has 1 atom stereocenters. The van der Waals surface area contributed by atoms with Gasteiger partial charge in [0.25, 0.3) is 0 Å². The van der Waals surface area contributed by atoms with Crippen LogP contribution in [0.15, 0.2) is 29.2 Å². The van der Waals surface area contributed by atoms with Gasteiger partial charge in [0.2, 0.25) is 0 Å². The third-order valence-electron chi connectivity index (χ3n) is 1.46. The molecule has 0 aromatic heterocycles. The van der Waals surface area contributed by atoms with Crippen LogP contribution in [0.5, 0.6) is 0 Å². The summed E-state index contributed by atoms with van der Waals surface area (Å²) in [5.74, 6) is -0.0507. The van der Waals surface area contributed by atoms with Gasteiger partial charge in [-0.3, -0.25) is 4.79 Å². The van der Waals surface area contributed by atoms with Crippen molar-refractivity contribution >= 4 is 68.2 Å². The van der Waals surface area contributed by atoms with Crippen molar-refractivity contribution < 1.29 is 13.6 Å². The Labute approximate surface area is 122 Å². The van der Waals surface area contributed by atoms with E-state index in [0.29, 0.717) is 10.5 Å². The van der Waals surface area contributed by atoms with Crippen LogP contribution in [0.2, 0.25) is 0 Å². The number of carbonyl (C=O) groups is 1. The zero-order valence-electron chi connectivity index (χ0n) is 6.48. The Bertz CT molecular complexity index is 288. The molecule has 0 spiro atoms. The standard InChI is InChI=1S/C8H8O3S.K.H/c1-6(9)7-2-4-8(5-3-7)12(10)11;;/h2-5H,1H3,(H,10,11);;. The quantitative estimate of drug-likeness (QED) is 0.460. The van der Waals surface area contributed by atoms with Crippen molar-refractivity contribution in [2.45, 2.75) is 11.8 Å². The molecule has 1 N–H and O–H groups in total. The van der Waals surface area contributed by atoms with Crippen LogP contribution in [0.25, 0.3) is 0 Å². The average molecular weight is 224 g/mol. The van der Waals surface area contributed by atoms with Crippen LogP contribution in [-0.4, -0.2) is 65.9 Å². The first-order valence-corrected chi connectivity index (χ1v) is 4.44. The van der Waals surface area contributed by atoms with E-state index in [-0.39, 0.29) is 57.2 Å². The minimum atomic E-state index is -1.96. The summed E-state index contributed by atoms with van der Waals surface area (Å²) < 4.78 is 19.1. The van der Waals surface area contributed by atoms with E-state index in [1.807, 2.05) is 0 Å². The molecule has 0 saturated carbocycles. The van der Waals surface area contributed by atoms with Gasteiger partial charge < -0.3 is 4.55 Å². The Morgan fingerprint density at radius 2 is 1.77 bits per heavy atom. The molecule has 3 nitrogen and oxygen atoms in total. The van der Waals surface area contributed by atoms with E-state index in [2.05, 4.69) is 0 Å². The summed E-state index contributed by atoms with van der Waals surface area (Å²) >= 11 is -1.96. The molecule has 5 heteroatoms. The third-order valence-corrected chi connectivity index (χ3v) is 2.14. The van der Waals surface area contributed by atoms with Gasteiger partial charge in [0.15, 0.2) is 16.9 Å². The first kappa shape index (κ1) is 13.6. The van der Waals surface area contributed by atoms with E-state index in [4.69, 9.17) is 4.55 Å². The molecular weight excluding hydrogens is 215 g/mol. The van der Waals surface area contributed by atoms with Crippen molar-refractivity contribution in [3.05, 3.63) is 29.8 Å². The van der Waals surface area contributed by atoms with Gasteiger partial charge in [-0.25, -0.2) is 4.21 Å². The van der Waals surface area contributed by atoms with Crippen molar-refractivity contribution in [3.63, 3.8) is 0 Å². The predicted molar refractivity (Wildman–Crippen MR) is 52.6 cm³/mol. The van der Waals surface area contributed by atoms with Crippen molar-refractivity contribution in [2.75, 3.05) is 0 Å². The molecule has 0 radical (unpaired) electrons. The van der Waals surface area contributed by atoms with E-state index in [0.717, 1.165) is 0 Å². The maximum absolute atomic E-state index is 10.8. The maximum atomic E-state index is 10.8. The summed E-state index contributed by atoms with van der Waals surface area (Å²) in [4.78, 5) is 11.1. The Hall–Kier alpha value is 0.636. The van der Waals surface area contributed by atoms with Gasteiger partial charge in [0, 0.05) is 5.56 Å². The molecule has 1 aromatic carbocycles. The van der Waals surface area contributed by atoms with Crippen LogP contribution in [0.3, 0.4) is 0 Å². The van der Waals surface area contributed by atoms with Crippen molar-refractivity contribution in [1.29, 1.82) is 0 Å². The summed E-state index contributed by atoms with van der Waals surface area (Å²) in [5, 5.41) is 0. The zero-order chi connectivity index (χ0) is 9.14. The Morgan fingerprint density at radius 1 is 1.31 bits per heavy atom. The summed E-state index contributed by atoms with van der Waals surface area (Å²) in [6, 6.07) is 6.00. The third kappa shape index (κ3) is 4.12. The molecule has 13 heavy (non-hydrogen) atoms. The van der Waals surface area contributed by atoms with Crippen LogP contribution < -0.4 is 0 Å². The summed E-state index contributed by atoms with van der Waals surface area (Å²) in [5.41, 5.74) is 0.546. The second-order valence-electron chi connectivity index (χ2n) is 2.33. The molecule has 0 aliphatic carbocycles. The molecule has 0 heterocycles. The monoisotopic (exact) mass is 224 g/mol. The molecule has 1 rings (SSSR count). The molecule has 1 unspecified atom stereocenters. The van der Waals surface area contributed by atoms with Crippen molar-refractivity contribution in [3.8, 4) is 0 Å². The van der Waals surface area contributed by atoms with Gasteiger partial charge in [-0.2, -0.15) is 0 Å². The SMILES string of the molecule is CC(=O)c1ccc(S(=O)O)cc1.[KH]. The van der Waals surface area contributed by atoms with E-state index in [1.165, 1.54) is 31.2 Å². The van der Waals surface area contributed by atoms with Crippen molar-refractivity contribution in [1.82, 2.24) is 0 Å². The summed E-state index contributed by atoms with van der Waals surface area (Å²) in [7, 11) is 0. The Balaban J connectivity index is 0.00000144. The first-order chi connectivity index (χ1) is 5.61. The number of ketones is 1. The molecule has 0 fully saturated rings. The normalized spacial score (nSPS) is 11.5. The summed E-state index contributed by atoms with van der Waals surface area (Å²) in [6.07, 6.45) is 0. The van der Waals surface area contributed by atoms with E-state index in [9.17, 15) is 9.00 Å². The van der Waals surface area contributed by atoms with Gasteiger partial charge in [-0.1, -0.05) is 12.1 Å². The number of hydrogen-bond donors (Lipinski definition) is 1. The average Bonchev–Trinajstić information content (AvgIpc) is 2.04. The number of hydrogen-bond acceptors (Lipinski definition) is 2. The van der Waals surface area contributed by atoms with Gasteiger partial charge >= 0.3 is 51.4 Å². The number of benzene rings is 1. The zero-order valence-corrected chi connectivity index (χ0v) is 7.30. The van der Waals surface area contributed by atoms with Gasteiger partial charge in [-0.05, 0) is 19.1 Å². The topological polar surface area (TPSA) is 54.4 Å². The molecule has 0 aliphatic rings.